The van der Waals surface area contributed by atoms with Crippen molar-refractivity contribution in [1.82, 2.24) is 9.97 Å². The number of hydrogen-bond donors (Lipinski definition) is 0. The molecule has 0 saturated carbocycles. The van der Waals surface area contributed by atoms with Crippen LogP contribution in [-0.2, 0) is 16.6 Å². The van der Waals surface area contributed by atoms with Gasteiger partial charge in [-0.25, -0.2) is 9.97 Å². The summed E-state index contributed by atoms with van der Waals surface area (Å²) in [6.45, 7) is 8.27. The molecule has 0 saturated heterocycles. The molecule has 0 aliphatic carbocycles. The molecule has 3 nitrogen and oxygen atoms in total. The van der Waals surface area contributed by atoms with Crippen LogP contribution < -0.4 is 0 Å². The lowest BCUT2D eigenvalue weighted by molar-refractivity contribution is 0.117. The molecule has 0 radical (unpaired) electrons. The van der Waals surface area contributed by atoms with Crippen molar-refractivity contribution in [3.8, 4) is 0 Å². The third kappa shape index (κ3) is 3.90. The Morgan fingerprint density at radius 3 is 2.41 bits per heavy atom. The first-order valence-corrected chi connectivity index (χ1v) is 6.68. The smallest absolute Gasteiger partial charge is 0.147 e. The van der Waals surface area contributed by atoms with Crippen LogP contribution in [0.25, 0.3) is 0 Å². The van der Waals surface area contributed by atoms with Gasteiger partial charge >= 0.3 is 0 Å². The maximum Gasteiger partial charge on any atom is 0.147 e. The van der Waals surface area contributed by atoms with Gasteiger partial charge in [0.1, 0.15) is 11.0 Å². The van der Waals surface area contributed by atoms with E-state index in [9.17, 15) is 0 Å². The monoisotopic (exact) mass is 320 g/mol. The van der Waals surface area contributed by atoms with Crippen LogP contribution in [0.3, 0.4) is 0 Å². The Morgan fingerprint density at radius 2 is 1.94 bits per heavy atom. The van der Waals surface area contributed by atoms with Crippen LogP contribution in [-0.4, -0.2) is 23.2 Å². The number of methoxy groups -OCH3 is 1. The van der Waals surface area contributed by atoms with Gasteiger partial charge in [-0.15, -0.1) is 0 Å². The van der Waals surface area contributed by atoms with Gasteiger partial charge in [-0.2, -0.15) is 0 Å². The van der Waals surface area contributed by atoms with Crippen LogP contribution in [0, 0.1) is 0 Å². The van der Waals surface area contributed by atoms with Gasteiger partial charge in [-0.3, -0.25) is 0 Å². The first-order chi connectivity index (χ1) is 7.75. The van der Waals surface area contributed by atoms with Crippen LogP contribution in [0.1, 0.15) is 39.2 Å². The summed E-state index contributed by atoms with van der Waals surface area (Å²) in [5.41, 5.74) is 0.854. The average molecular weight is 322 g/mol. The predicted octanol–water partition coefficient (Wildman–Crippen LogP) is 3.77. The molecule has 0 aliphatic rings. The molecule has 0 aromatic carbocycles. The van der Waals surface area contributed by atoms with E-state index in [1.54, 1.807) is 7.11 Å². The summed E-state index contributed by atoms with van der Waals surface area (Å²) in [7, 11) is 1.68. The van der Waals surface area contributed by atoms with Gasteiger partial charge in [0.2, 0.25) is 0 Å². The van der Waals surface area contributed by atoms with Crippen LogP contribution in [0.4, 0.5) is 0 Å². The number of ether oxygens (including phenoxy) is 1. The van der Waals surface area contributed by atoms with E-state index in [1.807, 2.05) is 6.92 Å². The van der Waals surface area contributed by atoms with Crippen molar-refractivity contribution in [1.29, 1.82) is 0 Å². The fourth-order valence-electron chi connectivity index (χ4n) is 1.39. The SMILES string of the molecule is COC(C)Cc1nc(Cl)c(Br)c(C(C)(C)C)n1. The number of nitrogens with zero attached hydrogens (tertiary/aromatic N) is 2. The maximum absolute atomic E-state index is 6.11. The second-order valence-electron chi connectivity index (χ2n) is 5.09. The molecular formula is C12H18BrClN2O. The van der Waals surface area contributed by atoms with E-state index in [0.29, 0.717) is 11.6 Å². The molecule has 1 rings (SSSR count). The van der Waals surface area contributed by atoms with E-state index in [-0.39, 0.29) is 11.5 Å². The molecule has 1 atom stereocenters. The molecule has 17 heavy (non-hydrogen) atoms. The lowest BCUT2D eigenvalue weighted by Crippen LogP contribution is -2.19. The molecule has 5 heteroatoms. The Labute approximate surface area is 116 Å². The lowest BCUT2D eigenvalue weighted by atomic mass is 9.92. The summed E-state index contributed by atoms with van der Waals surface area (Å²) < 4.78 is 5.99. The van der Waals surface area contributed by atoms with Crippen molar-refractivity contribution in [2.24, 2.45) is 0 Å². The zero-order valence-corrected chi connectivity index (χ0v) is 13.2. The molecule has 0 spiro atoms. The van der Waals surface area contributed by atoms with Crippen molar-refractivity contribution >= 4 is 27.5 Å². The van der Waals surface area contributed by atoms with Crippen LogP contribution in [0.5, 0.6) is 0 Å². The van der Waals surface area contributed by atoms with E-state index in [1.165, 1.54) is 0 Å². The highest BCUT2D eigenvalue weighted by Crippen LogP contribution is 2.32. The highest BCUT2D eigenvalue weighted by Gasteiger charge is 2.23. The highest BCUT2D eigenvalue weighted by atomic mass is 79.9. The van der Waals surface area contributed by atoms with Crippen LogP contribution >= 0.6 is 27.5 Å². The van der Waals surface area contributed by atoms with Crippen molar-refractivity contribution in [2.45, 2.75) is 45.6 Å². The van der Waals surface area contributed by atoms with Gasteiger partial charge in [0.15, 0.2) is 0 Å². The van der Waals surface area contributed by atoms with E-state index in [0.717, 1.165) is 16.0 Å². The number of rotatable bonds is 3. The van der Waals surface area contributed by atoms with E-state index >= 15 is 0 Å². The van der Waals surface area contributed by atoms with Crippen molar-refractivity contribution in [3.05, 3.63) is 21.1 Å². The lowest BCUT2D eigenvalue weighted by Gasteiger charge is -2.21. The molecule has 1 unspecified atom stereocenters. The second kappa shape index (κ2) is 5.63. The molecule has 1 aromatic heterocycles. The normalized spacial score (nSPS) is 13.8. The van der Waals surface area contributed by atoms with E-state index in [4.69, 9.17) is 16.3 Å². The second-order valence-corrected chi connectivity index (χ2v) is 6.24. The topological polar surface area (TPSA) is 35.0 Å². The van der Waals surface area contributed by atoms with Gasteiger partial charge in [-0.05, 0) is 22.9 Å². The van der Waals surface area contributed by atoms with E-state index in [2.05, 4.69) is 46.7 Å². The van der Waals surface area contributed by atoms with Crippen LogP contribution in [0.2, 0.25) is 5.15 Å². The Bertz CT molecular complexity index is 404. The highest BCUT2D eigenvalue weighted by molar-refractivity contribution is 9.10. The molecule has 0 aliphatic heterocycles. The molecule has 1 heterocycles. The molecule has 0 amide bonds. The summed E-state index contributed by atoms with van der Waals surface area (Å²) in [6.07, 6.45) is 0.743. The first kappa shape index (κ1) is 14.9. The molecular weight excluding hydrogens is 304 g/mol. The largest absolute Gasteiger partial charge is 0.381 e. The van der Waals surface area contributed by atoms with Gasteiger partial charge in [0.25, 0.3) is 0 Å². The maximum atomic E-state index is 6.11. The van der Waals surface area contributed by atoms with Gasteiger partial charge in [-0.1, -0.05) is 32.4 Å². The Morgan fingerprint density at radius 1 is 1.35 bits per heavy atom. The Kier molecular flexibility index (Phi) is 4.93. The van der Waals surface area contributed by atoms with Gasteiger partial charge < -0.3 is 4.74 Å². The molecule has 96 valence electrons. The quantitative estimate of drug-likeness (QED) is 0.795. The number of halogens is 2. The fourth-order valence-corrected chi connectivity index (χ4v) is 2.35. The third-order valence-corrected chi connectivity index (χ3v) is 3.69. The first-order valence-electron chi connectivity index (χ1n) is 5.51. The molecule has 1 aromatic rings. The zero-order valence-electron chi connectivity index (χ0n) is 10.8. The van der Waals surface area contributed by atoms with Crippen molar-refractivity contribution < 1.29 is 4.74 Å². The minimum Gasteiger partial charge on any atom is -0.381 e. The van der Waals surface area contributed by atoms with Crippen molar-refractivity contribution in [2.75, 3.05) is 7.11 Å². The molecule has 0 fully saturated rings. The Balaban J connectivity index is 3.15. The summed E-state index contributed by atoms with van der Waals surface area (Å²) in [5.74, 6) is 0.720. The van der Waals surface area contributed by atoms with Crippen LogP contribution in [0.15, 0.2) is 4.47 Å². The Hall–Kier alpha value is -0.190. The molecule has 0 bridgehead atoms. The minimum atomic E-state index is -0.0729. The average Bonchev–Trinajstić information content (AvgIpc) is 2.21. The standard InChI is InChI=1S/C12H18BrClN2O/c1-7(17-5)6-8-15-10(12(2,3)4)9(13)11(14)16-8/h7H,6H2,1-5H3. The fraction of sp³-hybridized carbons (Fsp3) is 0.667. The van der Waals surface area contributed by atoms with Gasteiger partial charge in [0, 0.05) is 18.9 Å². The molecule has 0 N–H and O–H groups in total. The summed E-state index contributed by atoms with van der Waals surface area (Å²) in [6, 6.07) is 0. The van der Waals surface area contributed by atoms with Gasteiger partial charge in [0.05, 0.1) is 16.3 Å². The summed E-state index contributed by atoms with van der Waals surface area (Å²) in [5, 5.41) is 0.461. The zero-order chi connectivity index (χ0) is 13.2. The predicted molar refractivity (Wildman–Crippen MR) is 73.6 cm³/mol. The summed E-state index contributed by atoms with van der Waals surface area (Å²) >= 11 is 9.56. The minimum absolute atomic E-state index is 0.0729. The summed E-state index contributed by atoms with van der Waals surface area (Å²) in [4.78, 5) is 8.83. The number of aromatic nitrogens is 2. The van der Waals surface area contributed by atoms with Crippen molar-refractivity contribution in [3.63, 3.8) is 0 Å². The third-order valence-electron chi connectivity index (χ3n) is 2.44. The van der Waals surface area contributed by atoms with E-state index < -0.39 is 0 Å². The number of hydrogen-bond acceptors (Lipinski definition) is 3.